The Balaban J connectivity index is 1.60. The Kier molecular flexibility index (Phi) is 6.67. The summed E-state index contributed by atoms with van der Waals surface area (Å²) < 4.78 is 0.672. The molecular weight excluding hydrogens is 340 g/mol. The van der Waals surface area contributed by atoms with Crippen LogP contribution in [0, 0.1) is 0 Å². The van der Waals surface area contributed by atoms with E-state index < -0.39 is 0 Å². The van der Waals surface area contributed by atoms with Gasteiger partial charge < -0.3 is 5.32 Å². The monoisotopic (exact) mass is 356 g/mol. The highest BCUT2D eigenvalue weighted by atomic mass is 35.5. The highest BCUT2D eigenvalue weighted by Crippen LogP contribution is 2.20. The molecule has 1 aliphatic heterocycles. The summed E-state index contributed by atoms with van der Waals surface area (Å²) in [7, 11) is 0. The van der Waals surface area contributed by atoms with Gasteiger partial charge in [-0.1, -0.05) is 42.0 Å². The van der Waals surface area contributed by atoms with Crippen LogP contribution in [0.25, 0.3) is 0 Å². The van der Waals surface area contributed by atoms with E-state index in [4.69, 9.17) is 23.8 Å². The van der Waals surface area contributed by atoms with Crippen molar-refractivity contribution < 1.29 is 9.59 Å². The van der Waals surface area contributed by atoms with Crippen LogP contribution in [0.3, 0.4) is 0 Å². The maximum atomic E-state index is 11.8. The van der Waals surface area contributed by atoms with E-state index in [1.807, 2.05) is 0 Å². The van der Waals surface area contributed by atoms with Crippen LogP contribution < -0.4 is 5.32 Å². The minimum Gasteiger partial charge on any atom is -0.326 e. The molecule has 1 heterocycles. The van der Waals surface area contributed by atoms with Crippen molar-refractivity contribution in [1.29, 1.82) is 0 Å². The van der Waals surface area contributed by atoms with E-state index in [-0.39, 0.29) is 11.8 Å². The van der Waals surface area contributed by atoms with E-state index in [9.17, 15) is 9.59 Å². The molecule has 1 aromatic rings. The zero-order valence-corrected chi connectivity index (χ0v) is 14.4. The highest BCUT2D eigenvalue weighted by Gasteiger charge is 2.25. The number of carbonyl (C=O) groups is 2. The van der Waals surface area contributed by atoms with Crippen molar-refractivity contribution in [3.05, 3.63) is 29.3 Å². The average Bonchev–Trinajstić information content (AvgIpc) is 2.81. The number of hydrogen-bond acceptors (Lipinski definition) is 4. The highest BCUT2D eigenvalue weighted by molar-refractivity contribution is 8.23. The number of nitrogens with one attached hydrogen (secondary N) is 1. The van der Waals surface area contributed by atoms with Gasteiger partial charge in [0.2, 0.25) is 11.8 Å². The zero-order valence-electron chi connectivity index (χ0n) is 12.0. The number of carbonyl (C=O) groups excluding carboxylic acids is 2. The molecule has 0 aliphatic carbocycles. The van der Waals surface area contributed by atoms with Crippen LogP contribution in [0.1, 0.15) is 25.7 Å². The molecule has 4 nitrogen and oxygen atoms in total. The lowest BCUT2D eigenvalue weighted by molar-refractivity contribution is -0.124. The van der Waals surface area contributed by atoms with Gasteiger partial charge in [0.15, 0.2) is 0 Å². The van der Waals surface area contributed by atoms with Crippen LogP contribution in [0.2, 0.25) is 5.02 Å². The Morgan fingerprint density at radius 1 is 1.27 bits per heavy atom. The van der Waals surface area contributed by atoms with E-state index in [2.05, 4.69) is 5.32 Å². The molecule has 1 fully saturated rings. The normalized spacial score (nSPS) is 14.5. The summed E-state index contributed by atoms with van der Waals surface area (Å²) in [5.41, 5.74) is 0.749. The molecule has 1 N–H and O–H groups in total. The van der Waals surface area contributed by atoms with Gasteiger partial charge in [-0.15, -0.1) is 0 Å². The summed E-state index contributed by atoms with van der Waals surface area (Å²) in [5, 5.41) is 3.47. The topological polar surface area (TPSA) is 49.4 Å². The molecule has 0 spiro atoms. The SMILES string of the molecule is O=C(CCCCCN1C(=O)CSC1=S)Nc1ccc(Cl)cc1. The van der Waals surface area contributed by atoms with Gasteiger partial charge in [-0.2, -0.15) is 0 Å². The molecule has 7 heteroatoms. The Morgan fingerprint density at radius 3 is 2.64 bits per heavy atom. The first-order chi connectivity index (χ1) is 10.6. The van der Waals surface area contributed by atoms with Crippen molar-refractivity contribution in [3.8, 4) is 0 Å². The van der Waals surface area contributed by atoms with Crippen LogP contribution in [-0.4, -0.2) is 33.3 Å². The third kappa shape index (κ3) is 5.26. The van der Waals surface area contributed by atoms with Crippen molar-refractivity contribution in [2.75, 3.05) is 17.6 Å². The molecule has 0 aromatic heterocycles. The summed E-state index contributed by atoms with van der Waals surface area (Å²) in [5.74, 6) is 0.545. The fraction of sp³-hybridized carbons (Fsp3) is 0.400. The van der Waals surface area contributed by atoms with Crippen molar-refractivity contribution in [2.45, 2.75) is 25.7 Å². The van der Waals surface area contributed by atoms with Crippen molar-refractivity contribution >= 4 is 57.4 Å². The summed E-state index contributed by atoms with van der Waals surface area (Å²) >= 11 is 12.3. The molecule has 0 bridgehead atoms. The second kappa shape index (κ2) is 8.50. The summed E-state index contributed by atoms with van der Waals surface area (Å²) in [4.78, 5) is 25.0. The first-order valence-electron chi connectivity index (χ1n) is 7.09. The molecule has 2 amide bonds. The molecule has 22 heavy (non-hydrogen) atoms. The molecule has 2 rings (SSSR count). The third-order valence-electron chi connectivity index (χ3n) is 3.25. The van der Waals surface area contributed by atoms with E-state index in [0.717, 1.165) is 24.9 Å². The second-order valence-corrected chi connectivity index (χ2v) is 7.01. The predicted molar refractivity (Wildman–Crippen MR) is 95.3 cm³/mol. The lowest BCUT2D eigenvalue weighted by Crippen LogP contribution is -2.29. The number of benzene rings is 1. The fourth-order valence-corrected chi connectivity index (χ4v) is 3.33. The number of amides is 2. The standard InChI is InChI=1S/C15H17ClN2O2S2/c16-11-5-7-12(8-6-11)17-13(19)4-2-1-3-9-18-14(20)10-22-15(18)21/h5-8H,1-4,9-10H2,(H,17,19). The molecule has 118 valence electrons. The van der Waals surface area contributed by atoms with Crippen LogP contribution in [0.5, 0.6) is 0 Å². The number of unbranched alkanes of at least 4 members (excludes halogenated alkanes) is 2. The zero-order chi connectivity index (χ0) is 15.9. The maximum absolute atomic E-state index is 11.8. The Bertz CT molecular complexity index is 547. The number of hydrogen-bond donors (Lipinski definition) is 1. The summed E-state index contributed by atoms with van der Waals surface area (Å²) in [6.07, 6.45) is 3.02. The largest absolute Gasteiger partial charge is 0.326 e. The molecule has 0 unspecified atom stereocenters. The summed E-state index contributed by atoms with van der Waals surface area (Å²) in [6.45, 7) is 0.656. The fourth-order valence-electron chi connectivity index (χ4n) is 2.09. The maximum Gasteiger partial charge on any atom is 0.238 e. The van der Waals surface area contributed by atoms with Crippen LogP contribution in [-0.2, 0) is 9.59 Å². The third-order valence-corrected chi connectivity index (χ3v) is 4.94. The van der Waals surface area contributed by atoms with Crippen LogP contribution >= 0.6 is 35.6 Å². The minimum absolute atomic E-state index is 0.00866. The van der Waals surface area contributed by atoms with E-state index >= 15 is 0 Å². The number of halogens is 1. The predicted octanol–water partition coefficient (Wildman–Crippen LogP) is 3.70. The molecule has 1 aliphatic rings. The van der Waals surface area contributed by atoms with Crippen molar-refractivity contribution in [3.63, 3.8) is 0 Å². The van der Waals surface area contributed by atoms with Crippen LogP contribution in [0.15, 0.2) is 24.3 Å². The molecule has 0 radical (unpaired) electrons. The first-order valence-corrected chi connectivity index (χ1v) is 8.86. The van der Waals surface area contributed by atoms with Gasteiger partial charge in [0.25, 0.3) is 0 Å². The molecule has 0 atom stereocenters. The van der Waals surface area contributed by atoms with Crippen molar-refractivity contribution in [1.82, 2.24) is 4.90 Å². The van der Waals surface area contributed by atoms with Gasteiger partial charge in [-0.25, -0.2) is 0 Å². The molecule has 1 aromatic carbocycles. The van der Waals surface area contributed by atoms with Gasteiger partial charge >= 0.3 is 0 Å². The lowest BCUT2D eigenvalue weighted by atomic mass is 10.2. The van der Waals surface area contributed by atoms with Gasteiger partial charge in [0.05, 0.1) is 5.75 Å². The van der Waals surface area contributed by atoms with E-state index in [1.165, 1.54) is 11.8 Å². The first kappa shape index (κ1) is 17.2. The molecule has 1 saturated heterocycles. The number of nitrogens with zero attached hydrogens (tertiary/aromatic N) is 1. The Morgan fingerprint density at radius 2 is 2.00 bits per heavy atom. The van der Waals surface area contributed by atoms with Gasteiger partial charge in [-0.05, 0) is 37.1 Å². The number of thioether (sulfide) groups is 1. The number of thiocarbonyl (C=S) groups is 1. The quantitative estimate of drug-likeness (QED) is 0.597. The van der Waals surface area contributed by atoms with Crippen molar-refractivity contribution in [2.24, 2.45) is 0 Å². The van der Waals surface area contributed by atoms with Gasteiger partial charge in [0.1, 0.15) is 4.32 Å². The Labute approximate surface area is 144 Å². The number of rotatable bonds is 7. The smallest absolute Gasteiger partial charge is 0.238 e. The number of anilines is 1. The van der Waals surface area contributed by atoms with E-state index in [1.54, 1.807) is 29.2 Å². The Hall–Kier alpha value is -1.11. The molecule has 0 saturated carbocycles. The minimum atomic E-state index is -0.00866. The molecular formula is C15H17ClN2O2S2. The van der Waals surface area contributed by atoms with Gasteiger partial charge in [0, 0.05) is 23.7 Å². The summed E-state index contributed by atoms with van der Waals surface area (Å²) in [6, 6.07) is 7.03. The second-order valence-electron chi connectivity index (χ2n) is 4.97. The van der Waals surface area contributed by atoms with Crippen LogP contribution in [0.4, 0.5) is 5.69 Å². The van der Waals surface area contributed by atoms with E-state index in [0.29, 0.717) is 28.1 Å². The average molecular weight is 357 g/mol. The lowest BCUT2D eigenvalue weighted by Gasteiger charge is -2.14. The van der Waals surface area contributed by atoms with Gasteiger partial charge in [-0.3, -0.25) is 14.5 Å².